The first-order chi connectivity index (χ1) is 13.6. The maximum atomic E-state index is 12.7. The first-order valence-corrected chi connectivity index (χ1v) is 11.5. The molecule has 0 aliphatic carbocycles. The lowest BCUT2D eigenvalue weighted by atomic mass is 10.1. The summed E-state index contributed by atoms with van der Waals surface area (Å²) >= 11 is 14.2. The van der Waals surface area contributed by atoms with E-state index < -0.39 is 0 Å². The van der Waals surface area contributed by atoms with Crippen LogP contribution in [0.2, 0.25) is 10.0 Å². The summed E-state index contributed by atoms with van der Waals surface area (Å²) in [6.45, 7) is 1.76. The lowest BCUT2D eigenvalue weighted by Gasteiger charge is -2.26. The number of hydrogen-bond donors (Lipinski definition) is 2. The molecule has 150 valence electrons. The fourth-order valence-corrected chi connectivity index (χ4v) is 5.21. The van der Waals surface area contributed by atoms with E-state index in [1.54, 1.807) is 12.1 Å². The molecule has 2 aliphatic heterocycles. The van der Waals surface area contributed by atoms with Gasteiger partial charge in [0, 0.05) is 30.6 Å². The van der Waals surface area contributed by atoms with Gasteiger partial charge in [0.1, 0.15) is 12.1 Å². The molecule has 9 heteroatoms. The van der Waals surface area contributed by atoms with Crippen LogP contribution in [-0.4, -0.2) is 64.0 Å². The number of aromatic nitrogens is 2. The fraction of sp³-hybridized carbons (Fsp3) is 0.526. The molecule has 2 N–H and O–H groups in total. The SMILES string of the molecule is O=C(CNc1ncnc2cc(Cl)c(Cl)cc12)N1CC[C@@H](NC2CCSCC2)C1. The minimum atomic E-state index is 0.0790. The Morgan fingerprint density at radius 3 is 2.75 bits per heavy atom. The van der Waals surface area contributed by atoms with Crippen LogP contribution in [0.4, 0.5) is 5.82 Å². The predicted octanol–water partition coefficient (Wildman–Crippen LogP) is 3.43. The van der Waals surface area contributed by atoms with E-state index in [4.69, 9.17) is 23.2 Å². The van der Waals surface area contributed by atoms with Gasteiger partial charge in [-0.3, -0.25) is 4.79 Å². The maximum Gasteiger partial charge on any atom is 0.241 e. The molecule has 28 heavy (non-hydrogen) atoms. The second kappa shape index (κ2) is 9.03. The number of carbonyl (C=O) groups excluding carboxylic acids is 1. The third kappa shape index (κ3) is 4.64. The summed E-state index contributed by atoms with van der Waals surface area (Å²) < 4.78 is 0. The third-order valence-corrected chi connectivity index (χ3v) is 7.09. The standard InChI is InChI=1S/C19H23Cl2N5OS/c20-15-7-14-17(8-16(15)21)23-11-24-19(14)22-9-18(27)26-4-1-13(10-26)25-12-2-5-28-6-3-12/h7-8,11-13,25H,1-6,9-10H2,(H,22,23,24)/t13-/m1/s1. The molecular weight excluding hydrogens is 417 g/mol. The van der Waals surface area contributed by atoms with Crippen LogP contribution in [0.25, 0.3) is 10.9 Å². The first kappa shape index (κ1) is 20.0. The van der Waals surface area contributed by atoms with Crippen LogP contribution in [0.3, 0.4) is 0 Å². The number of amides is 1. The quantitative estimate of drug-likeness (QED) is 0.743. The lowest BCUT2D eigenvalue weighted by Crippen LogP contribution is -2.43. The van der Waals surface area contributed by atoms with Crippen molar-refractivity contribution < 1.29 is 4.79 Å². The minimum Gasteiger partial charge on any atom is -0.360 e. The molecular formula is C19H23Cl2N5OS. The first-order valence-electron chi connectivity index (χ1n) is 9.55. The molecule has 0 saturated carbocycles. The highest BCUT2D eigenvalue weighted by molar-refractivity contribution is 7.99. The van der Waals surface area contributed by atoms with Gasteiger partial charge in [-0.25, -0.2) is 9.97 Å². The largest absolute Gasteiger partial charge is 0.360 e. The Hall–Kier alpha value is -1.28. The van der Waals surface area contributed by atoms with Crippen LogP contribution in [0.5, 0.6) is 0 Å². The molecule has 0 unspecified atom stereocenters. The van der Waals surface area contributed by atoms with Crippen LogP contribution in [0, 0.1) is 0 Å². The molecule has 3 heterocycles. The van der Waals surface area contributed by atoms with E-state index in [-0.39, 0.29) is 12.5 Å². The van der Waals surface area contributed by atoms with E-state index in [0.29, 0.717) is 33.5 Å². The second-order valence-corrected chi connectivity index (χ2v) is 9.28. The normalized spacial score (nSPS) is 20.6. The van der Waals surface area contributed by atoms with Gasteiger partial charge < -0.3 is 15.5 Å². The van der Waals surface area contributed by atoms with E-state index in [1.807, 2.05) is 16.7 Å². The number of hydrogen-bond acceptors (Lipinski definition) is 6. The molecule has 1 atom stereocenters. The number of carbonyl (C=O) groups is 1. The zero-order valence-corrected chi connectivity index (χ0v) is 17.8. The van der Waals surface area contributed by atoms with Crippen molar-refractivity contribution in [1.82, 2.24) is 20.2 Å². The number of anilines is 1. The molecule has 0 bridgehead atoms. The van der Waals surface area contributed by atoms with Crippen molar-refractivity contribution in [3.8, 4) is 0 Å². The number of fused-ring (bicyclic) bond motifs is 1. The number of likely N-dealkylation sites (tertiary alicyclic amines) is 1. The van der Waals surface area contributed by atoms with Crippen molar-refractivity contribution in [2.75, 3.05) is 36.5 Å². The molecule has 0 spiro atoms. The summed E-state index contributed by atoms with van der Waals surface area (Å²) in [7, 11) is 0. The summed E-state index contributed by atoms with van der Waals surface area (Å²) in [5, 5.41) is 8.51. The Labute approximate surface area is 178 Å². The number of halogens is 2. The number of rotatable bonds is 5. The van der Waals surface area contributed by atoms with Gasteiger partial charge >= 0.3 is 0 Å². The molecule has 2 aliphatic rings. The summed E-state index contributed by atoms with van der Waals surface area (Å²) in [6, 6.07) is 4.43. The molecule has 1 aromatic carbocycles. The molecule has 1 aromatic heterocycles. The van der Waals surface area contributed by atoms with E-state index in [0.717, 1.165) is 24.9 Å². The summed E-state index contributed by atoms with van der Waals surface area (Å²) in [5.41, 5.74) is 0.690. The molecule has 2 fully saturated rings. The highest BCUT2D eigenvalue weighted by Gasteiger charge is 2.28. The molecule has 2 saturated heterocycles. The van der Waals surface area contributed by atoms with Gasteiger partial charge in [0.15, 0.2) is 0 Å². The second-order valence-electron chi connectivity index (χ2n) is 7.24. The van der Waals surface area contributed by atoms with Crippen LogP contribution in [0.15, 0.2) is 18.5 Å². The molecule has 6 nitrogen and oxygen atoms in total. The summed E-state index contributed by atoms with van der Waals surface area (Å²) in [5.74, 6) is 3.14. The Bertz CT molecular complexity index is 862. The van der Waals surface area contributed by atoms with Gasteiger partial charge in [0.2, 0.25) is 5.91 Å². The maximum absolute atomic E-state index is 12.7. The highest BCUT2D eigenvalue weighted by Crippen LogP contribution is 2.29. The summed E-state index contributed by atoms with van der Waals surface area (Å²) in [4.78, 5) is 23.1. The van der Waals surface area contributed by atoms with Gasteiger partial charge in [0.25, 0.3) is 0 Å². The Morgan fingerprint density at radius 1 is 1.14 bits per heavy atom. The van der Waals surface area contributed by atoms with E-state index in [2.05, 4.69) is 20.6 Å². The fourth-order valence-electron chi connectivity index (χ4n) is 3.78. The van der Waals surface area contributed by atoms with Crippen molar-refractivity contribution in [3.63, 3.8) is 0 Å². The van der Waals surface area contributed by atoms with Crippen molar-refractivity contribution in [3.05, 3.63) is 28.5 Å². The monoisotopic (exact) mass is 439 g/mol. The molecule has 0 radical (unpaired) electrons. The van der Waals surface area contributed by atoms with Crippen LogP contribution in [0.1, 0.15) is 19.3 Å². The van der Waals surface area contributed by atoms with E-state index >= 15 is 0 Å². The Morgan fingerprint density at radius 2 is 1.93 bits per heavy atom. The minimum absolute atomic E-state index is 0.0790. The van der Waals surface area contributed by atoms with Crippen molar-refractivity contribution in [2.24, 2.45) is 0 Å². The van der Waals surface area contributed by atoms with Gasteiger partial charge in [-0.05, 0) is 42.9 Å². The molecule has 2 aromatic rings. The van der Waals surface area contributed by atoms with Gasteiger partial charge in [-0.1, -0.05) is 23.2 Å². The summed E-state index contributed by atoms with van der Waals surface area (Å²) in [6.07, 6.45) is 4.92. The van der Waals surface area contributed by atoms with E-state index in [9.17, 15) is 4.79 Å². The number of nitrogens with one attached hydrogen (secondary N) is 2. The number of nitrogens with zero attached hydrogens (tertiary/aromatic N) is 3. The van der Waals surface area contributed by atoms with Crippen LogP contribution < -0.4 is 10.6 Å². The van der Waals surface area contributed by atoms with Crippen LogP contribution >= 0.6 is 35.0 Å². The average molecular weight is 440 g/mol. The molecule has 1 amide bonds. The number of benzene rings is 1. The van der Waals surface area contributed by atoms with Crippen molar-refractivity contribution in [2.45, 2.75) is 31.3 Å². The van der Waals surface area contributed by atoms with Gasteiger partial charge in [0.05, 0.1) is 22.1 Å². The van der Waals surface area contributed by atoms with Crippen molar-refractivity contribution in [1.29, 1.82) is 0 Å². The van der Waals surface area contributed by atoms with Crippen LogP contribution in [-0.2, 0) is 4.79 Å². The third-order valence-electron chi connectivity index (χ3n) is 5.32. The zero-order chi connectivity index (χ0) is 19.5. The van der Waals surface area contributed by atoms with E-state index in [1.165, 1.54) is 30.7 Å². The van der Waals surface area contributed by atoms with Gasteiger partial charge in [-0.15, -0.1) is 0 Å². The lowest BCUT2D eigenvalue weighted by molar-refractivity contribution is -0.128. The zero-order valence-electron chi connectivity index (χ0n) is 15.5. The average Bonchev–Trinajstić information content (AvgIpc) is 3.16. The molecule has 4 rings (SSSR count). The number of thioether (sulfide) groups is 1. The van der Waals surface area contributed by atoms with Crippen molar-refractivity contribution >= 4 is 57.6 Å². The predicted molar refractivity (Wildman–Crippen MR) is 117 cm³/mol. The smallest absolute Gasteiger partial charge is 0.241 e. The Balaban J connectivity index is 1.33. The van der Waals surface area contributed by atoms with Gasteiger partial charge in [-0.2, -0.15) is 11.8 Å². The highest BCUT2D eigenvalue weighted by atomic mass is 35.5. The topological polar surface area (TPSA) is 70.2 Å². The Kier molecular flexibility index (Phi) is 6.45.